The predicted octanol–water partition coefficient (Wildman–Crippen LogP) is 3.60. The first-order chi connectivity index (χ1) is 10.8. The van der Waals surface area contributed by atoms with Gasteiger partial charge in [-0.25, -0.2) is 0 Å². The van der Waals surface area contributed by atoms with Gasteiger partial charge in [-0.2, -0.15) is 5.26 Å². The minimum Gasteiger partial charge on any atom is -0.324 e. The molecule has 4 heteroatoms. The molecule has 106 valence electrons. The summed E-state index contributed by atoms with van der Waals surface area (Å²) in [6.07, 6.45) is 3.92. The third kappa shape index (κ3) is 2.89. The molecule has 0 fully saturated rings. The highest BCUT2D eigenvalue weighted by atomic mass is 16.1. The molecule has 0 aliphatic carbocycles. The molecule has 3 aromatic rings. The number of amides is 1. The van der Waals surface area contributed by atoms with E-state index in [4.69, 9.17) is 5.26 Å². The van der Waals surface area contributed by atoms with Gasteiger partial charge < -0.3 is 9.88 Å². The normalized spacial score (nSPS) is 9.95. The Bertz CT molecular complexity index is 828. The third-order valence-corrected chi connectivity index (χ3v) is 3.28. The number of rotatable bonds is 3. The Morgan fingerprint density at radius 1 is 1.00 bits per heavy atom. The fourth-order valence-corrected chi connectivity index (χ4v) is 2.16. The van der Waals surface area contributed by atoms with Gasteiger partial charge in [0.25, 0.3) is 5.91 Å². The van der Waals surface area contributed by atoms with Crippen LogP contribution >= 0.6 is 0 Å². The van der Waals surface area contributed by atoms with E-state index in [9.17, 15) is 4.79 Å². The lowest BCUT2D eigenvalue weighted by Crippen LogP contribution is -2.11. The van der Waals surface area contributed by atoms with Gasteiger partial charge in [0.05, 0.1) is 11.6 Å². The fraction of sp³-hybridized carbons (Fsp3) is 0. The Morgan fingerprint density at radius 3 is 2.41 bits per heavy atom. The van der Waals surface area contributed by atoms with Crippen molar-refractivity contribution < 1.29 is 4.79 Å². The van der Waals surface area contributed by atoms with Gasteiger partial charge in [-0.05, 0) is 54.6 Å². The molecular formula is C18H13N3O. The summed E-state index contributed by atoms with van der Waals surface area (Å²) >= 11 is 0. The van der Waals surface area contributed by atoms with Crippen molar-refractivity contribution in [3.05, 3.63) is 84.2 Å². The summed E-state index contributed by atoms with van der Waals surface area (Å²) in [5.41, 5.74) is 2.67. The first kappa shape index (κ1) is 13.7. The predicted molar refractivity (Wildman–Crippen MR) is 84.9 cm³/mol. The lowest BCUT2D eigenvalue weighted by Gasteiger charge is -2.07. The van der Waals surface area contributed by atoms with Crippen molar-refractivity contribution in [1.82, 2.24) is 4.57 Å². The van der Waals surface area contributed by atoms with Crippen molar-refractivity contribution >= 4 is 11.6 Å². The number of carbonyl (C=O) groups excluding carboxylic acids is 1. The number of nitrogens with zero attached hydrogens (tertiary/aromatic N) is 2. The minimum atomic E-state index is -0.231. The van der Waals surface area contributed by atoms with Gasteiger partial charge in [0.15, 0.2) is 0 Å². The number of aromatic nitrogens is 1. The maximum Gasteiger partial charge on any atom is 0.255 e. The number of hydrogen-bond donors (Lipinski definition) is 1. The quantitative estimate of drug-likeness (QED) is 0.800. The molecule has 2 aromatic carbocycles. The highest BCUT2D eigenvalue weighted by Gasteiger charge is 2.07. The number of nitrogens with one attached hydrogen (secondary N) is 1. The number of benzene rings is 2. The number of anilines is 1. The average molecular weight is 287 g/mol. The first-order valence-corrected chi connectivity index (χ1v) is 6.81. The SMILES string of the molecule is N#Cc1cccc(C(=O)Nc2ccc(-n3cccc3)cc2)c1. The summed E-state index contributed by atoms with van der Waals surface area (Å²) in [5, 5.41) is 11.7. The van der Waals surface area contributed by atoms with Crippen LogP contribution in [0.25, 0.3) is 5.69 Å². The molecule has 0 bridgehead atoms. The molecule has 3 rings (SSSR count). The zero-order chi connectivity index (χ0) is 15.4. The molecule has 0 atom stereocenters. The molecule has 1 amide bonds. The van der Waals surface area contributed by atoms with E-state index >= 15 is 0 Å². The van der Waals surface area contributed by atoms with Crippen LogP contribution in [0.3, 0.4) is 0 Å². The van der Waals surface area contributed by atoms with E-state index in [1.165, 1.54) is 0 Å². The van der Waals surface area contributed by atoms with Crippen LogP contribution in [0.2, 0.25) is 0 Å². The van der Waals surface area contributed by atoms with Crippen LogP contribution < -0.4 is 5.32 Å². The second kappa shape index (κ2) is 5.98. The topological polar surface area (TPSA) is 57.8 Å². The van der Waals surface area contributed by atoms with Crippen molar-refractivity contribution in [2.24, 2.45) is 0 Å². The third-order valence-electron chi connectivity index (χ3n) is 3.28. The maximum atomic E-state index is 12.2. The molecule has 1 heterocycles. The van der Waals surface area contributed by atoms with Crippen LogP contribution in [0.1, 0.15) is 15.9 Å². The summed E-state index contributed by atoms with van der Waals surface area (Å²) in [7, 11) is 0. The summed E-state index contributed by atoms with van der Waals surface area (Å²) in [4.78, 5) is 12.2. The molecule has 0 aliphatic heterocycles. The lowest BCUT2D eigenvalue weighted by atomic mass is 10.1. The van der Waals surface area contributed by atoms with Crippen LogP contribution in [0.4, 0.5) is 5.69 Å². The molecular weight excluding hydrogens is 274 g/mol. The average Bonchev–Trinajstić information content (AvgIpc) is 3.10. The number of carbonyl (C=O) groups is 1. The largest absolute Gasteiger partial charge is 0.324 e. The Kier molecular flexibility index (Phi) is 3.71. The molecule has 0 aliphatic rings. The molecule has 1 aromatic heterocycles. The van der Waals surface area contributed by atoms with Crippen molar-refractivity contribution in [3.63, 3.8) is 0 Å². The smallest absolute Gasteiger partial charge is 0.255 e. The molecule has 0 spiro atoms. The Labute approximate surface area is 128 Å². The molecule has 4 nitrogen and oxygen atoms in total. The minimum absolute atomic E-state index is 0.231. The number of nitriles is 1. The maximum absolute atomic E-state index is 12.2. The zero-order valence-electron chi connectivity index (χ0n) is 11.7. The van der Waals surface area contributed by atoms with Crippen molar-refractivity contribution in [1.29, 1.82) is 5.26 Å². The second-order valence-electron chi connectivity index (χ2n) is 4.78. The van der Waals surface area contributed by atoms with E-state index in [0.717, 1.165) is 5.69 Å². The van der Waals surface area contributed by atoms with Crippen LogP contribution in [-0.2, 0) is 0 Å². The van der Waals surface area contributed by atoms with E-state index in [-0.39, 0.29) is 5.91 Å². The Balaban J connectivity index is 1.75. The second-order valence-corrected chi connectivity index (χ2v) is 4.78. The van der Waals surface area contributed by atoms with E-state index in [2.05, 4.69) is 5.32 Å². The molecule has 0 saturated carbocycles. The Hall–Kier alpha value is -3.32. The zero-order valence-corrected chi connectivity index (χ0v) is 11.7. The van der Waals surface area contributed by atoms with E-state index in [1.807, 2.05) is 59.4 Å². The molecule has 0 unspecified atom stereocenters. The van der Waals surface area contributed by atoms with Gasteiger partial charge >= 0.3 is 0 Å². The van der Waals surface area contributed by atoms with Gasteiger partial charge in [-0.3, -0.25) is 4.79 Å². The van der Waals surface area contributed by atoms with Gasteiger partial charge in [-0.15, -0.1) is 0 Å². The highest BCUT2D eigenvalue weighted by Crippen LogP contribution is 2.15. The van der Waals surface area contributed by atoms with E-state index < -0.39 is 0 Å². The number of hydrogen-bond acceptors (Lipinski definition) is 2. The van der Waals surface area contributed by atoms with E-state index in [1.54, 1.807) is 24.3 Å². The monoisotopic (exact) mass is 287 g/mol. The fourth-order valence-electron chi connectivity index (χ4n) is 2.16. The van der Waals surface area contributed by atoms with Crippen molar-refractivity contribution in [2.45, 2.75) is 0 Å². The van der Waals surface area contributed by atoms with Crippen LogP contribution in [0.5, 0.6) is 0 Å². The first-order valence-electron chi connectivity index (χ1n) is 6.81. The molecule has 1 N–H and O–H groups in total. The van der Waals surface area contributed by atoms with Gasteiger partial charge in [0.2, 0.25) is 0 Å². The summed E-state index contributed by atoms with van der Waals surface area (Å²) in [5.74, 6) is -0.231. The van der Waals surface area contributed by atoms with E-state index in [0.29, 0.717) is 16.8 Å². The Morgan fingerprint density at radius 2 is 1.73 bits per heavy atom. The molecule has 0 saturated heterocycles. The van der Waals surface area contributed by atoms with Crippen LogP contribution in [-0.4, -0.2) is 10.5 Å². The molecule has 22 heavy (non-hydrogen) atoms. The highest BCUT2D eigenvalue weighted by molar-refractivity contribution is 6.04. The summed E-state index contributed by atoms with van der Waals surface area (Å²) in [6, 6.07) is 20.1. The lowest BCUT2D eigenvalue weighted by molar-refractivity contribution is 0.102. The van der Waals surface area contributed by atoms with Gasteiger partial charge in [0, 0.05) is 29.3 Å². The van der Waals surface area contributed by atoms with Gasteiger partial charge in [-0.1, -0.05) is 6.07 Å². The van der Waals surface area contributed by atoms with Crippen molar-refractivity contribution in [2.75, 3.05) is 5.32 Å². The summed E-state index contributed by atoms with van der Waals surface area (Å²) < 4.78 is 1.99. The van der Waals surface area contributed by atoms with Gasteiger partial charge in [0.1, 0.15) is 0 Å². The standard InChI is InChI=1S/C18H13N3O/c19-13-14-4-3-5-15(12-14)18(22)20-16-6-8-17(9-7-16)21-10-1-2-11-21/h1-12H,(H,20,22). The van der Waals surface area contributed by atoms with Crippen molar-refractivity contribution in [3.8, 4) is 11.8 Å². The summed E-state index contributed by atoms with van der Waals surface area (Å²) in [6.45, 7) is 0. The van der Waals surface area contributed by atoms with Crippen LogP contribution in [0.15, 0.2) is 73.1 Å². The molecule has 0 radical (unpaired) electrons. The van der Waals surface area contributed by atoms with Crippen LogP contribution in [0, 0.1) is 11.3 Å².